The van der Waals surface area contributed by atoms with E-state index >= 15 is 0 Å². The van der Waals surface area contributed by atoms with Crippen molar-refractivity contribution in [3.63, 3.8) is 0 Å². The van der Waals surface area contributed by atoms with Crippen LogP contribution < -0.4 is 14.4 Å². The van der Waals surface area contributed by atoms with Gasteiger partial charge in [0.15, 0.2) is 0 Å². The first kappa shape index (κ1) is 18.5. The molecule has 1 aliphatic heterocycles. The average Bonchev–Trinajstić information content (AvgIpc) is 3.01. The van der Waals surface area contributed by atoms with Crippen LogP contribution in [0.3, 0.4) is 0 Å². The lowest BCUT2D eigenvalue weighted by molar-refractivity contribution is 0.143. The fourth-order valence-corrected chi connectivity index (χ4v) is 3.90. The van der Waals surface area contributed by atoms with E-state index < -0.39 is 22.2 Å². The Kier molecular flexibility index (Phi) is 5.36. The summed E-state index contributed by atoms with van der Waals surface area (Å²) in [5.74, 6) is 0.611. The quantitative estimate of drug-likeness (QED) is 0.811. The summed E-state index contributed by atoms with van der Waals surface area (Å²) in [6.45, 7) is 0.186. The van der Waals surface area contributed by atoms with Crippen LogP contribution >= 0.6 is 11.6 Å². The highest BCUT2D eigenvalue weighted by atomic mass is 35.5. The second-order valence-electron chi connectivity index (χ2n) is 5.63. The van der Waals surface area contributed by atoms with Gasteiger partial charge in [0.1, 0.15) is 11.9 Å². The van der Waals surface area contributed by atoms with Crippen LogP contribution in [0, 0.1) is 0 Å². The highest BCUT2D eigenvalue weighted by Gasteiger charge is 2.33. The molecular weight excluding hydrogens is 380 g/mol. The molecule has 0 aliphatic carbocycles. The third kappa shape index (κ3) is 4.09. The van der Waals surface area contributed by atoms with Gasteiger partial charge in [0, 0.05) is 17.6 Å². The van der Waals surface area contributed by atoms with Crippen LogP contribution in [0.1, 0.15) is 0 Å². The van der Waals surface area contributed by atoms with Gasteiger partial charge in [-0.2, -0.15) is 0 Å². The minimum absolute atomic E-state index is 0.0406. The van der Waals surface area contributed by atoms with Crippen LogP contribution in [0.5, 0.6) is 5.75 Å². The summed E-state index contributed by atoms with van der Waals surface area (Å²) in [7, 11) is -2.21. The number of nitrogens with zero attached hydrogens (tertiary/aromatic N) is 1. The standard InChI is InChI=1S/C17H17ClN2O5S/c1-24-14-6-3-5-13(9-14)20-11-15(25-17(20)21)10-19-26(22,23)16-7-2-4-12(18)8-16/h2-9,15,19H,10-11H2,1H3. The van der Waals surface area contributed by atoms with E-state index in [0.717, 1.165) is 0 Å². The lowest BCUT2D eigenvalue weighted by Crippen LogP contribution is -2.34. The van der Waals surface area contributed by atoms with Gasteiger partial charge < -0.3 is 9.47 Å². The molecule has 0 radical (unpaired) electrons. The fraction of sp³-hybridized carbons (Fsp3) is 0.235. The van der Waals surface area contributed by atoms with Crippen LogP contribution in [0.2, 0.25) is 5.02 Å². The number of methoxy groups -OCH3 is 1. The molecule has 3 rings (SSSR count). The molecule has 0 bridgehead atoms. The summed E-state index contributed by atoms with van der Waals surface area (Å²) in [4.78, 5) is 13.6. The summed E-state index contributed by atoms with van der Waals surface area (Å²) >= 11 is 5.83. The van der Waals surface area contributed by atoms with E-state index in [2.05, 4.69) is 4.72 Å². The zero-order valence-corrected chi connectivity index (χ0v) is 15.5. The van der Waals surface area contributed by atoms with Gasteiger partial charge >= 0.3 is 6.09 Å². The first-order chi connectivity index (χ1) is 12.4. The monoisotopic (exact) mass is 396 g/mol. The van der Waals surface area contributed by atoms with Crippen LogP contribution in [0.25, 0.3) is 0 Å². The predicted molar refractivity (Wildman–Crippen MR) is 97.2 cm³/mol. The minimum atomic E-state index is -3.74. The number of rotatable bonds is 6. The molecule has 1 fully saturated rings. The summed E-state index contributed by atoms with van der Waals surface area (Å²) in [6, 6.07) is 12.9. The van der Waals surface area contributed by atoms with Crippen molar-refractivity contribution in [2.75, 3.05) is 25.1 Å². The number of hydrogen-bond acceptors (Lipinski definition) is 5. The Balaban J connectivity index is 1.66. The van der Waals surface area contributed by atoms with Crippen molar-refractivity contribution >= 4 is 33.4 Å². The van der Waals surface area contributed by atoms with Crippen molar-refractivity contribution in [2.45, 2.75) is 11.0 Å². The SMILES string of the molecule is COc1cccc(N2CC(CNS(=O)(=O)c3cccc(Cl)c3)OC2=O)c1. The Labute approximate surface area is 156 Å². The molecule has 2 aromatic carbocycles. The topological polar surface area (TPSA) is 84.9 Å². The van der Waals surface area contributed by atoms with Crippen LogP contribution in [0.4, 0.5) is 10.5 Å². The smallest absolute Gasteiger partial charge is 0.414 e. The highest BCUT2D eigenvalue weighted by molar-refractivity contribution is 7.89. The summed E-state index contributed by atoms with van der Waals surface area (Å²) in [6.07, 6.45) is -1.15. The molecule has 1 amide bonds. The first-order valence-corrected chi connectivity index (χ1v) is 9.62. The van der Waals surface area contributed by atoms with E-state index in [1.165, 1.54) is 24.1 Å². The van der Waals surface area contributed by atoms with E-state index in [0.29, 0.717) is 16.5 Å². The number of ether oxygens (including phenoxy) is 2. The van der Waals surface area contributed by atoms with Crippen molar-refractivity contribution in [2.24, 2.45) is 0 Å². The van der Waals surface area contributed by atoms with E-state index in [1.807, 2.05) is 0 Å². The summed E-state index contributed by atoms with van der Waals surface area (Å²) < 4.78 is 37.5. The largest absolute Gasteiger partial charge is 0.497 e. The number of sulfonamides is 1. The maximum Gasteiger partial charge on any atom is 0.414 e. The van der Waals surface area contributed by atoms with Crippen molar-refractivity contribution in [1.82, 2.24) is 4.72 Å². The third-order valence-corrected chi connectivity index (χ3v) is 5.50. The van der Waals surface area contributed by atoms with Crippen molar-refractivity contribution in [1.29, 1.82) is 0 Å². The van der Waals surface area contributed by atoms with Crippen molar-refractivity contribution in [3.8, 4) is 5.75 Å². The minimum Gasteiger partial charge on any atom is -0.497 e. The maximum absolute atomic E-state index is 12.3. The number of cyclic esters (lactones) is 1. The Hall–Kier alpha value is -2.29. The Bertz CT molecular complexity index is 919. The van der Waals surface area contributed by atoms with Gasteiger partial charge in [0.25, 0.3) is 0 Å². The molecule has 1 saturated heterocycles. The highest BCUT2D eigenvalue weighted by Crippen LogP contribution is 2.25. The van der Waals surface area contributed by atoms with Gasteiger partial charge in [0.05, 0.1) is 24.2 Å². The normalized spacial score (nSPS) is 17.2. The molecule has 0 saturated carbocycles. The number of benzene rings is 2. The summed E-state index contributed by atoms with van der Waals surface area (Å²) in [5, 5.41) is 0.323. The van der Waals surface area contributed by atoms with Gasteiger partial charge in [-0.1, -0.05) is 23.7 Å². The number of amides is 1. The van der Waals surface area contributed by atoms with E-state index in [9.17, 15) is 13.2 Å². The number of carbonyl (C=O) groups excluding carboxylic acids is 1. The van der Waals surface area contributed by atoms with Gasteiger partial charge in [-0.05, 0) is 30.3 Å². The Morgan fingerprint density at radius 3 is 2.77 bits per heavy atom. The zero-order valence-electron chi connectivity index (χ0n) is 13.9. The maximum atomic E-state index is 12.3. The Morgan fingerprint density at radius 1 is 1.27 bits per heavy atom. The number of anilines is 1. The molecule has 7 nitrogen and oxygen atoms in total. The number of halogens is 1. The second kappa shape index (κ2) is 7.53. The van der Waals surface area contributed by atoms with Gasteiger partial charge in [0.2, 0.25) is 10.0 Å². The zero-order chi connectivity index (χ0) is 18.7. The van der Waals surface area contributed by atoms with Gasteiger partial charge in [-0.3, -0.25) is 4.90 Å². The van der Waals surface area contributed by atoms with E-state index in [1.54, 1.807) is 36.4 Å². The molecule has 1 atom stereocenters. The predicted octanol–water partition coefficient (Wildman–Crippen LogP) is 2.65. The second-order valence-corrected chi connectivity index (χ2v) is 7.83. The van der Waals surface area contributed by atoms with Gasteiger partial charge in [-0.15, -0.1) is 0 Å². The molecule has 2 aromatic rings. The lowest BCUT2D eigenvalue weighted by Gasteiger charge is -2.14. The molecule has 26 heavy (non-hydrogen) atoms. The molecule has 1 heterocycles. The van der Waals surface area contributed by atoms with Crippen molar-refractivity contribution < 1.29 is 22.7 Å². The number of nitrogens with one attached hydrogen (secondary N) is 1. The molecule has 1 aliphatic rings. The molecule has 1 unspecified atom stereocenters. The molecule has 138 valence electrons. The number of carbonyl (C=O) groups is 1. The number of hydrogen-bond donors (Lipinski definition) is 1. The summed E-state index contributed by atoms with van der Waals surface area (Å²) in [5.41, 5.74) is 0.620. The van der Waals surface area contributed by atoms with E-state index in [4.69, 9.17) is 21.1 Å². The average molecular weight is 397 g/mol. The fourth-order valence-electron chi connectivity index (χ4n) is 2.54. The first-order valence-electron chi connectivity index (χ1n) is 7.76. The Morgan fingerprint density at radius 2 is 2.04 bits per heavy atom. The van der Waals surface area contributed by atoms with Crippen LogP contribution in [-0.4, -0.2) is 40.8 Å². The van der Waals surface area contributed by atoms with E-state index in [-0.39, 0.29) is 18.0 Å². The lowest BCUT2D eigenvalue weighted by atomic mass is 10.2. The molecule has 0 aromatic heterocycles. The van der Waals surface area contributed by atoms with Crippen LogP contribution in [-0.2, 0) is 14.8 Å². The molecule has 0 spiro atoms. The van der Waals surface area contributed by atoms with Crippen LogP contribution in [0.15, 0.2) is 53.4 Å². The molecular formula is C17H17ClN2O5S. The molecule has 9 heteroatoms. The third-order valence-electron chi connectivity index (χ3n) is 3.85. The molecule has 1 N–H and O–H groups in total. The van der Waals surface area contributed by atoms with Crippen molar-refractivity contribution in [3.05, 3.63) is 53.6 Å². The van der Waals surface area contributed by atoms with Gasteiger partial charge in [-0.25, -0.2) is 17.9 Å².